The number of anilines is 6. The number of hydrogen-bond donors (Lipinski definition) is 6. The van der Waals surface area contributed by atoms with Crippen LogP contribution in [0.25, 0.3) is 21.8 Å². The monoisotopic (exact) mass is 996 g/mol. The number of fused-ring (bicyclic) bond motifs is 3. The average molecular weight is 996 g/mol. The predicted molar refractivity (Wildman–Crippen MR) is 286 cm³/mol. The summed E-state index contributed by atoms with van der Waals surface area (Å²) in [4.78, 5) is 47.7. The Morgan fingerprint density at radius 2 is 1.11 bits per heavy atom. The predicted octanol–water partition coefficient (Wildman–Crippen LogP) is 4.95. The zero-order chi connectivity index (χ0) is 50.1. The van der Waals surface area contributed by atoms with Gasteiger partial charge >= 0.3 is 0 Å². The molecule has 0 radical (unpaired) electrons. The lowest BCUT2D eigenvalue weighted by Crippen LogP contribution is -2.47. The number of rotatable bonds is 15. The molecule has 5 aliphatic heterocycles. The SMILES string of the molecule is COC(C)c1cc2cnc(Nc3ccc(CN4CCNCC4)cn3)nc2c(N2CCC(CO)CC2)n1.COC(C)c1cc2cnc(Nc3ccc(CN4CCNCC4)cn3)nc2c(N2CCC3CCNC3C2)n1. The molecule has 20 nitrogen and oxygen atoms in total. The van der Waals surface area contributed by atoms with E-state index in [4.69, 9.17) is 29.4 Å². The van der Waals surface area contributed by atoms with Gasteiger partial charge in [0.05, 0.1) is 23.6 Å². The largest absolute Gasteiger partial charge is 0.396 e. The minimum Gasteiger partial charge on any atom is -0.396 e. The van der Waals surface area contributed by atoms with Crippen LogP contribution in [0.5, 0.6) is 0 Å². The minimum absolute atomic E-state index is 0.105. The van der Waals surface area contributed by atoms with Crippen LogP contribution in [0.1, 0.15) is 74.3 Å². The Morgan fingerprint density at radius 1 is 0.603 bits per heavy atom. The van der Waals surface area contributed by atoms with E-state index in [0.29, 0.717) is 29.7 Å². The fourth-order valence-electron chi connectivity index (χ4n) is 10.5. The van der Waals surface area contributed by atoms with Crippen molar-refractivity contribution in [1.82, 2.24) is 65.6 Å². The minimum atomic E-state index is -0.134. The summed E-state index contributed by atoms with van der Waals surface area (Å²) in [6.07, 6.45) is 11.6. The molecule has 5 saturated heterocycles. The fraction of sp³-hybridized carbons (Fsp3) is 0.547. The Balaban J connectivity index is 0.000000168. The lowest BCUT2D eigenvalue weighted by molar-refractivity contribution is 0.116. The molecule has 0 amide bonds. The van der Waals surface area contributed by atoms with Gasteiger partial charge in [-0.15, -0.1) is 0 Å². The normalized spacial score (nSPS) is 20.9. The second kappa shape index (κ2) is 24.0. The molecule has 0 bridgehead atoms. The van der Waals surface area contributed by atoms with Gasteiger partial charge in [0, 0.05) is 154 Å². The summed E-state index contributed by atoms with van der Waals surface area (Å²) in [6, 6.07) is 12.8. The molecule has 388 valence electrons. The molecule has 0 aliphatic carbocycles. The highest BCUT2D eigenvalue weighted by atomic mass is 16.5. The van der Waals surface area contributed by atoms with Crippen LogP contribution >= 0.6 is 0 Å². The van der Waals surface area contributed by atoms with Crippen LogP contribution < -0.4 is 36.4 Å². The molecule has 0 aromatic carbocycles. The summed E-state index contributed by atoms with van der Waals surface area (Å²) in [7, 11) is 3.41. The number of aliphatic hydroxyl groups excluding tert-OH is 1. The number of piperazine rings is 2. The van der Waals surface area contributed by atoms with E-state index in [1.165, 1.54) is 24.0 Å². The Bertz CT molecular complexity index is 2730. The summed E-state index contributed by atoms with van der Waals surface area (Å²) in [5.74, 6) is 5.32. The second-order valence-electron chi connectivity index (χ2n) is 20.1. The van der Waals surface area contributed by atoms with Crippen molar-refractivity contribution < 1.29 is 14.6 Å². The number of methoxy groups -OCH3 is 2. The van der Waals surface area contributed by atoms with E-state index >= 15 is 0 Å². The van der Waals surface area contributed by atoms with Crippen molar-refractivity contribution in [3.05, 3.63) is 83.7 Å². The number of aromatic nitrogens is 8. The van der Waals surface area contributed by atoms with Gasteiger partial charge in [0.25, 0.3) is 0 Å². The lowest BCUT2D eigenvalue weighted by Gasteiger charge is -2.36. The van der Waals surface area contributed by atoms with Crippen LogP contribution in [0.15, 0.2) is 61.2 Å². The maximum absolute atomic E-state index is 9.55. The van der Waals surface area contributed by atoms with Gasteiger partial charge in [0.1, 0.15) is 22.7 Å². The van der Waals surface area contributed by atoms with Gasteiger partial charge in [-0.3, -0.25) is 9.80 Å². The molecule has 6 aromatic heterocycles. The van der Waals surface area contributed by atoms with Crippen LogP contribution in [-0.4, -0.2) is 167 Å². The first kappa shape index (κ1) is 50.7. The van der Waals surface area contributed by atoms with Crippen LogP contribution in [0.3, 0.4) is 0 Å². The summed E-state index contributed by atoms with van der Waals surface area (Å²) in [5, 5.41) is 28.5. The van der Waals surface area contributed by atoms with Crippen molar-refractivity contribution in [3.63, 3.8) is 0 Å². The number of ether oxygens (including phenoxy) is 2. The number of aliphatic hydroxyl groups is 1. The van der Waals surface area contributed by atoms with Crippen molar-refractivity contribution in [2.45, 2.75) is 70.9 Å². The number of pyridine rings is 4. The third kappa shape index (κ3) is 12.6. The van der Waals surface area contributed by atoms with E-state index in [-0.39, 0.29) is 18.8 Å². The second-order valence-corrected chi connectivity index (χ2v) is 20.1. The highest BCUT2D eigenvalue weighted by molar-refractivity contribution is 5.90. The average Bonchev–Trinajstić information content (AvgIpc) is 3.92. The zero-order valence-corrected chi connectivity index (χ0v) is 42.9. The Morgan fingerprint density at radius 3 is 1.59 bits per heavy atom. The van der Waals surface area contributed by atoms with E-state index in [9.17, 15) is 5.11 Å². The molecular formula is C53H73N17O3. The molecule has 20 heteroatoms. The summed E-state index contributed by atoms with van der Waals surface area (Å²) >= 11 is 0. The van der Waals surface area contributed by atoms with Gasteiger partial charge in [0.15, 0.2) is 11.6 Å². The van der Waals surface area contributed by atoms with E-state index in [0.717, 1.165) is 168 Å². The van der Waals surface area contributed by atoms with Gasteiger partial charge in [-0.05, 0) is 93.3 Å². The Labute approximate surface area is 428 Å². The van der Waals surface area contributed by atoms with E-state index in [1.807, 2.05) is 62.9 Å². The number of nitrogens with one attached hydrogen (secondary N) is 5. The molecule has 0 saturated carbocycles. The van der Waals surface area contributed by atoms with Crippen LogP contribution in [0.4, 0.5) is 35.2 Å². The lowest BCUT2D eigenvalue weighted by atomic mass is 9.92. The maximum atomic E-state index is 9.55. The zero-order valence-electron chi connectivity index (χ0n) is 42.9. The summed E-state index contributed by atoms with van der Waals surface area (Å²) in [5.41, 5.74) is 5.82. The van der Waals surface area contributed by atoms with Gasteiger partial charge in [-0.1, -0.05) is 12.1 Å². The first-order chi connectivity index (χ1) is 35.8. The quantitative estimate of drug-likeness (QED) is 0.0803. The third-order valence-electron chi connectivity index (χ3n) is 15.2. The van der Waals surface area contributed by atoms with Crippen LogP contribution in [0.2, 0.25) is 0 Å². The molecule has 11 heterocycles. The van der Waals surface area contributed by atoms with Crippen LogP contribution in [0, 0.1) is 11.8 Å². The van der Waals surface area contributed by atoms with E-state index < -0.39 is 0 Å². The molecule has 6 aromatic rings. The number of hydrogen-bond acceptors (Lipinski definition) is 20. The molecule has 5 aliphatic rings. The molecule has 73 heavy (non-hydrogen) atoms. The molecule has 6 N–H and O–H groups in total. The molecule has 5 fully saturated rings. The first-order valence-corrected chi connectivity index (χ1v) is 26.3. The van der Waals surface area contributed by atoms with Gasteiger partial charge in [-0.25, -0.2) is 39.9 Å². The maximum Gasteiger partial charge on any atom is 0.229 e. The van der Waals surface area contributed by atoms with Gasteiger partial charge < -0.3 is 51.0 Å². The summed E-state index contributed by atoms with van der Waals surface area (Å²) in [6.45, 7) is 19.2. The van der Waals surface area contributed by atoms with E-state index in [2.05, 4.69) is 78.3 Å². The number of nitrogens with zero attached hydrogens (tertiary/aromatic N) is 12. The molecular weight excluding hydrogens is 923 g/mol. The molecule has 0 spiro atoms. The van der Waals surface area contributed by atoms with Crippen molar-refractivity contribution in [3.8, 4) is 0 Å². The Kier molecular flexibility index (Phi) is 16.7. The number of piperidine rings is 2. The fourth-order valence-corrected chi connectivity index (χ4v) is 10.5. The topological polar surface area (TPSA) is 215 Å². The first-order valence-electron chi connectivity index (χ1n) is 26.3. The van der Waals surface area contributed by atoms with Crippen LogP contribution in [-0.2, 0) is 22.6 Å². The third-order valence-corrected chi connectivity index (χ3v) is 15.2. The molecule has 4 unspecified atom stereocenters. The smallest absolute Gasteiger partial charge is 0.229 e. The van der Waals surface area contributed by atoms with E-state index in [1.54, 1.807) is 14.2 Å². The standard InChI is InChI=1S/C27H37N9O.C26H36N8O2/c1-18(37-2)22-13-21-15-31-27(33-24-4-3-19(14-30-24)16-35-11-8-28-9-12-35)34-25(21)26(32-22)36-10-6-20-5-7-29-23(20)17-36;1-18(36-2)22-13-21-15-29-26(32-24(21)25(30-22)34-9-5-19(17-35)6-10-34)31-23-4-3-20(14-28-23)16-33-11-7-27-8-12-33/h3-4,13-15,18,20,23,28-29H,5-12,16-17H2,1-2H3,(H,30,31,33,34);3-4,13-15,18-19,27,35H,5-12,16-17H2,1-2H3,(H,28,29,31,32). The highest BCUT2D eigenvalue weighted by Crippen LogP contribution is 2.34. The van der Waals surface area contributed by atoms with Crippen molar-refractivity contribution in [1.29, 1.82) is 0 Å². The summed E-state index contributed by atoms with van der Waals surface area (Å²) < 4.78 is 11.1. The van der Waals surface area contributed by atoms with Crippen molar-refractivity contribution in [2.75, 3.05) is 126 Å². The van der Waals surface area contributed by atoms with Gasteiger partial charge in [-0.2, -0.15) is 0 Å². The van der Waals surface area contributed by atoms with Gasteiger partial charge in [0.2, 0.25) is 11.9 Å². The molecule has 11 rings (SSSR count). The Hall–Kier alpha value is -5.84. The van der Waals surface area contributed by atoms with Crippen molar-refractivity contribution in [2.24, 2.45) is 11.8 Å². The highest BCUT2D eigenvalue weighted by Gasteiger charge is 2.34. The molecule has 4 atom stereocenters. The van der Waals surface area contributed by atoms with Crippen molar-refractivity contribution >= 4 is 57.0 Å².